The zero-order chi connectivity index (χ0) is 22.2. The molecule has 1 N–H and O–H groups in total. The molecule has 0 bridgehead atoms. The van der Waals surface area contributed by atoms with Gasteiger partial charge in [0.15, 0.2) is 0 Å². The molecule has 5 rings (SSSR count). The van der Waals surface area contributed by atoms with Gasteiger partial charge < -0.3 is 4.74 Å². The molecule has 1 atom stereocenters. The fourth-order valence-corrected chi connectivity index (χ4v) is 4.89. The second-order valence-electron chi connectivity index (χ2n) is 8.16. The van der Waals surface area contributed by atoms with Crippen LogP contribution in [0.1, 0.15) is 50.2 Å². The Morgan fingerprint density at radius 3 is 2.59 bits per heavy atom. The smallest absolute Gasteiger partial charge is 0.231 e. The van der Waals surface area contributed by atoms with Crippen molar-refractivity contribution in [2.24, 2.45) is 11.0 Å². The van der Waals surface area contributed by atoms with E-state index >= 15 is 0 Å². The number of ether oxygens (including phenoxy) is 1. The van der Waals surface area contributed by atoms with E-state index in [-0.39, 0.29) is 0 Å². The second-order valence-corrected chi connectivity index (χ2v) is 9.92. The zero-order valence-electron chi connectivity index (χ0n) is 17.6. The molecule has 166 valence electrons. The fourth-order valence-electron chi connectivity index (χ4n) is 4.13. The minimum atomic E-state index is -0.409. The lowest BCUT2D eigenvalue weighted by Gasteiger charge is -2.24. The van der Waals surface area contributed by atoms with E-state index in [9.17, 15) is 0 Å². The first kappa shape index (κ1) is 21.8. The van der Waals surface area contributed by atoms with E-state index in [1.54, 1.807) is 6.07 Å². The molecule has 1 unspecified atom stereocenters. The molecule has 0 saturated heterocycles. The van der Waals surface area contributed by atoms with Gasteiger partial charge in [-0.3, -0.25) is 9.99 Å². The third kappa shape index (κ3) is 4.04. The van der Waals surface area contributed by atoms with Crippen molar-refractivity contribution in [1.82, 2.24) is 15.0 Å². The lowest BCUT2D eigenvalue weighted by molar-refractivity contribution is 0.164. The normalized spacial score (nSPS) is 18.1. The van der Waals surface area contributed by atoms with Gasteiger partial charge in [0.05, 0.1) is 10.7 Å². The van der Waals surface area contributed by atoms with Gasteiger partial charge in [0.25, 0.3) is 0 Å². The van der Waals surface area contributed by atoms with Gasteiger partial charge in [0, 0.05) is 26.7 Å². The number of benzene rings is 2. The van der Waals surface area contributed by atoms with E-state index in [1.165, 1.54) is 6.42 Å². The van der Waals surface area contributed by atoms with Crippen molar-refractivity contribution in [3.05, 3.63) is 68.4 Å². The number of halogens is 3. The molecule has 1 aromatic heterocycles. The first-order valence-electron chi connectivity index (χ1n) is 10.9. The van der Waals surface area contributed by atoms with E-state index in [2.05, 4.69) is 50.1 Å². The van der Waals surface area contributed by atoms with Crippen LogP contribution < -0.4 is 5.43 Å². The van der Waals surface area contributed by atoms with Crippen molar-refractivity contribution in [1.29, 1.82) is 0 Å². The van der Waals surface area contributed by atoms with Gasteiger partial charge in [-0.25, -0.2) is 4.98 Å². The molecule has 32 heavy (non-hydrogen) atoms. The average molecular weight is 534 g/mol. The van der Waals surface area contributed by atoms with Crippen LogP contribution in [0.4, 0.5) is 0 Å². The van der Waals surface area contributed by atoms with Crippen LogP contribution in [0.5, 0.6) is 0 Å². The minimum absolute atomic E-state index is 0.409. The Hall–Kier alpha value is -2.02. The predicted octanol–water partition coefficient (Wildman–Crippen LogP) is 7.29. The van der Waals surface area contributed by atoms with Gasteiger partial charge in [-0.2, -0.15) is 0 Å². The van der Waals surface area contributed by atoms with Crippen LogP contribution in [0.3, 0.4) is 0 Å². The van der Waals surface area contributed by atoms with Gasteiger partial charge in [-0.1, -0.05) is 58.9 Å². The Morgan fingerprint density at radius 2 is 1.94 bits per heavy atom. The van der Waals surface area contributed by atoms with Gasteiger partial charge in [-0.15, -0.1) is 5.10 Å². The van der Waals surface area contributed by atoms with E-state index in [0.29, 0.717) is 16.0 Å². The summed E-state index contributed by atoms with van der Waals surface area (Å²) in [5.41, 5.74) is 6.93. The largest absolute Gasteiger partial charge is 0.448 e. The Balaban J connectivity index is 1.64. The molecule has 2 aromatic carbocycles. The first-order valence-corrected chi connectivity index (χ1v) is 12.4. The summed E-state index contributed by atoms with van der Waals surface area (Å²) < 4.78 is 9.44. The quantitative estimate of drug-likeness (QED) is 0.362. The Kier molecular flexibility index (Phi) is 6.19. The van der Waals surface area contributed by atoms with Crippen LogP contribution in [0.15, 0.2) is 52.0 Å². The highest BCUT2D eigenvalue weighted by Crippen LogP contribution is 2.38. The average Bonchev–Trinajstić information content (AvgIpc) is 3.33. The fraction of sp³-hybridized carbons (Fsp3) is 0.333. The maximum absolute atomic E-state index is 6.62. The van der Waals surface area contributed by atoms with E-state index in [0.717, 1.165) is 64.5 Å². The molecular formula is C24H23BrCl2N4O. The highest BCUT2D eigenvalue weighted by atomic mass is 79.9. The van der Waals surface area contributed by atoms with Crippen LogP contribution in [-0.2, 0) is 11.2 Å². The van der Waals surface area contributed by atoms with E-state index < -0.39 is 6.23 Å². The monoisotopic (exact) mass is 532 g/mol. The summed E-state index contributed by atoms with van der Waals surface area (Å²) >= 11 is 16.3. The Labute approximate surface area is 205 Å². The van der Waals surface area contributed by atoms with Crippen molar-refractivity contribution < 1.29 is 4.74 Å². The molecule has 1 aliphatic carbocycles. The number of imidazole rings is 1. The van der Waals surface area contributed by atoms with Gasteiger partial charge in [-0.05, 0) is 61.7 Å². The second kappa shape index (κ2) is 9.08. The SMILES string of the molecule is CCCc1c(C2NN=C(C3CCC3)O2)nc(-c2ccc(Cl)cc2Cl)n1-c1ccc(Br)cc1. The molecule has 5 nitrogen and oxygen atoms in total. The first-order chi connectivity index (χ1) is 15.5. The van der Waals surface area contributed by atoms with Gasteiger partial charge in [0.1, 0.15) is 11.5 Å². The molecular weight excluding hydrogens is 511 g/mol. The number of hydrogen-bond donors (Lipinski definition) is 1. The molecule has 8 heteroatoms. The van der Waals surface area contributed by atoms with Crippen LogP contribution in [0.25, 0.3) is 17.1 Å². The lowest BCUT2D eigenvalue weighted by Crippen LogP contribution is -2.23. The molecule has 1 fully saturated rings. The third-order valence-corrected chi connectivity index (χ3v) is 7.06. The van der Waals surface area contributed by atoms with Gasteiger partial charge >= 0.3 is 0 Å². The molecule has 3 aromatic rings. The summed E-state index contributed by atoms with van der Waals surface area (Å²) in [4.78, 5) is 5.07. The summed E-state index contributed by atoms with van der Waals surface area (Å²) in [5, 5.41) is 5.64. The molecule has 2 aliphatic rings. The zero-order valence-corrected chi connectivity index (χ0v) is 20.7. The van der Waals surface area contributed by atoms with E-state index in [4.69, 9.17) is 32.9 Å². The maximum atomic E-state index is 6.62. The summed E-state index contributed by atoms with van der Waals surface area (Å²) in [6.07, 6.45) is 4.89. The third-order valence-electron chi connectivity index (χ3n) is 5.98. The van der Waals surface area contributed by atoms with Crippen LogP contribution in [0.2, 0.25) is 10.0 Å². The van der Waals surface area contributed by atoms with Gasteiger partial charge in [0.2, 0.25) is 12.1 Å². The highest BCUT2D eigenvalue weighted by molar-refractivity contribution is 9.10. The number of hydrazone groups is 1. The van der Waals surface area contributed by atoms with Crippen molar-refractivity contribution in [3.63, 3.8) is 0 Å². The Bertz CT molecular complexity index is 1170. The summed E-state index contributed by atoms with van der Waals surface area (Å²) in [7, 11) is 0. The van der Waals surface area contributed by atoms with Crippen molar-refractivity contribution in [2.45, 2.75) is 45.3 Å². The summed E-state index contributed by atoms with van der Waals surface area (Å²) in [6.45, 7) is 2.16. The van der Waals surface area contributed by atoms with Crippen LogP contribution in [0, 0.1) is 5.92 Å². The van der Waals surface area contributed by atoms with Crippen LogP contribution in [-0.4, -0.2) is 15.4 Å². The number of nitrogens with zero attached hydrogens (tertiary/aromatic N) is 3. The predicted molar refractivity (Wildman–Crippen MR) is 132 cm³/mol. The standard InChI is InChI=1S/C24H23BrCl2N4O/c1-2-4-20-21(24-30-29-23(32-24)14-5-3-6-14)28-22(18-12-9-16(26)13-19(18)27)31(20)17-10-7-15(25)8-11-17/h7-14,24,30H,2-6H2,1H3. The molecule has 0 radical (unpaired) electrons. The van der Waals surface area contributed by atoms with Crippen molar-refractivity contribution in [3.8, 4) is 17.1 Å². The lowest BCUT2D eigenvalue weighted by atomic mass is 9.85. The number of hydrogen-bond acceptors (Lipinski definition) is 4. The number of aromatic nitrogens is 2. The maximum Gasteiger partial charge on any atom is 0.231 e. The van der Waals surface area contributed by atoms with Crippen molar-refractivity contribution in [2.75, 3.05) is 0 Å². The molecule has 0 spiro atoms. The minimum Gasteiger partial charge on any atom is -0.448 e. The van der Waals surface area contributed by atoms with E-state index in [1.807, 2.05) is 24.3 Å². The summed E-state index contributed by atoms with van der Waals surface area (Å²) in [5.74, 6) is 1.98. The highest BCUT2D eigenvalue weighted by Gasteiger charge is 2.35. The van der Waals surface area contributed by atoms with Crippen molar-refractivity contribution >= 4 is 45.0 Å². The molecule has 2 heterocycles. The van der Waals surface area contributed by atoms with Crippen LogP contribution >= 0.6 is 39.1 Å². The Morgan fingerprint density at radius 1 is 1.16 bits per heavy atom. The number of nitrogens with one attached hydrogen (secondary N) is 1. The molecule has 1 aliphatic heterocycles. The summed E-state index contributed by atoms with van der Waals surface area (Å²) in [6, 6.07) is 13.7. The molecule has 1 saturated carbocycles. The number of rotatable bonds is 6. The topological polar surface area (TPSA) is 51.4 Å². The molecule has 0 amide bonds.